The predicted octanol–water partition coefficient (Wildman–Crippen LogP) is 0.244. The van der Waals surface area contributed by atoms with Crippen molar-refractivity contribution in [1.29, 1.82) is 0 Å². The molecule has 106 valence electrons. The molecule has 0 unspecified atom stereocenters. The molecule has 5 nitrogen and oxygen atoms in total. The molecule has 0 bridgehead atoms. The summed E-state index contributed by atoms with van der Waals surface area (Å²) in [6, 6.07) is 0.729. The molecule has 18 heavy (non-hydrogen) atoms. The summed E-state index contributed by atoms with van der Waals surface area (Å²) in [7, 11) is 0. The Morgan fingerprint density at radius 3 is 2.44 bits per heavy atom. The minimum atomic E-state index is 0.318. The van der Waals surface area contributed by atoms with E-state index in [2.05, 4.69) is 53.5 Å². The van der Waals surface area contributed by atoms with Gasteiger partial charge in [-0.25, -0.2) is 0 Å². The molecule has 0 aromatic carbocycles. The van der Waals surface area contributed by atoms with Gasteiger partial charge in [0.05, 0.1) is 0 Å². The summed E-state index contributed by atoms with van der Waals surface area (Å²) in [5.74, 6) is 0.926. The largest absolute Gasteiger partial charge is 0.355 e. The second-order valence-electron chi connectivity index (χ2n) is 5.39. The van der Waals surface area contributed by atoms with Gasteiger partial charge in [0.15, 0.2) is 5.96 Å². The minimum Gasteiger partial charge on any atom is -0.355 e. The number of hydrogen-bond donors (Lipinski definition) is 3. The number of rotatable bonds is 5. The number of nitrogens with one attached hydrogen (secondary N) is 3. The van der Waals surface area contributed by atoms with E-state index in [0.717, 1.165) is 45.2 Å². The Kier molecular flexibility index (Phi) is 7.05. The van der Waals surface area contributed by atoms with Crippen LogP contribution in [0.15, 0.2) is 4.99 Å². The van der Waals surface area contributed by atoms with Crippen molar-refractivity contribution in [3.63, 3.8) is 0 Å². The highest BCUT2D eigenvalue weighted by Crippen LogP contribution is 1.91. The molecule has 1 aliphatic rings. The first-order valence-electron chi connectivity index (χ1n) is 7.09. The fraction of sp³-hybridized carbons (Fsp3) is 0.923. The van der Waals surface area contributed by atoms with Gasteiger partial charge in [-0.2, -0.15) is 0 Å². The van der Waals surface area contributed by atoms with Crippen LogP contribution in [0.4, 0.5) is 0 Å². The molecule has 1 aliphatic heterocycles. The van der Waals surface area contributed by atoms with Gasteiger partial charge in [0, 0.05) is 51.4 Å². The molecule has 0 amide bonds. The van der Waals surface area contributed by atoms with E-state index >= 15 is 0 Å². The monoisotopic (exact) mass is 255 g/mol. The van der Waals surface area contributed by atoms with Crippen molar-refractivity contribution >= 4 is 5.96 Å². The van der Waals surface area contributed by atoms with Gasteiger partial charge in [0.25, 0.3) is 0 Å². The van der Waals surface area contributed by atoms with Crippen LogP contribution in [0.3, 0.4) is 0 Å². The van der Waals surface area contributed by atoms with Crippen LogP contribution in [-0.2, 0) is 0 Å². The molecule has 0 aliphatic carbocycles. The van der Waals surface area contributed by atoms with Crippen LogP contribution in [0.2, 0.25) is 0 Å². The van der Waals surface area contributed by atoms with E-state index < -0.39 is 0 Å². The average molecular weight is 255 g/mol. The van der Waals surface area contributed by atoms with E-state index in [0.29, 0.717) is 12.1 Å². The van der Waals surface area contributed by atoms with Crippen molar-refractivity contribution < 1.29 is 0 Å². The topological polar surface area (TPSA) is 51.7 Å². The maximum absolute atomic E-state index is 4.56. The second-order valence-corrected chi connectivity index (χ2v) is 5.39. The maximum Gasteiger partial charge on any atom is 0.191 e. The molecule has 1 saturated heterocycles. The smallest absolute Gasteiger partial charge is 0.191 e. The summed E-state index contributed by atoms with van der Waals surface area (Å²) in [6.45, 7) is 15.0. The molecular formula is C13H29N5. The fourth-order valence-corrected chi connectivity index (χ4v) is 1.93. The number of guanidine groups is 1. The number of aliphatic imine (C=N–C) groups is 1. The highest BCUT2D eigenvalue weighted by atomic mass is 15.2. The lowest BCUT2D eigenvalue weighted by Crippen LogP contribution is -2.48. The van der Waals surface area contributed by atoms with E-state index in [4.69, 9.17) is 0 Å². The van der Waals surface area contributed by atoms with Gasteiger partial charge in [-0.3, -0.25) is 9.89 Å². The zero-order chi connectivity index (χ0) is 13.4. The third kappa shape index (κ3) is 6.81. The maximum atomic E-state index is 4.56. The van der Waals surface area contributed by atoms with E-state index in [1.165, 1.54) is 0 Å². The standard InChI is InChI=1S/C13H29N5/c1-11(2)16-13(17-12(3)4)15-7-10-18-8-5-14-6-9-18/h11-12,14H,5-10H2,1-4H3,(H2,15,16,17). The lowest BCUT2D eigenvalue weighted by Gasteiger charge is -2.27. The Hall–Kier alpha value is -0.810. The second kappa shape index (κ2) is 8.32. The van der Waals surface area contributed by atoms with Gasteiger partial charge in [-0.1, -0.05) is 0 Å². The SMILES string of the molecule is CC(C)/N=C(/NCCN1CCNCC1)NC(C)C. The Bertz CT molecular complexity index is 244. The number of piperazine rings is 1. The third-order valence-electron chi connectivity index (χ3n) is 2.74. The van der Waals surface area contributed by atoms with Crippen LogP contribution in [0.25, 0.3) is 0 Å². The number of hydrogen-bond acceptors (Lipinski definition) is 3. The third-order valence-corrected chi connectivity index (χ3v) is 2.74. The zero-order valence-electron chi connectivity index (χ0n) is 12.3. The predicted molar refractivity (Wildman–Crippen MR) is 78.2 cm³/mol. The first-order chi connectivity index (χ1) is 8.58. The summed E-state index contributed by atoms with van der Waals surface area (Å²) in [4.78, 5) is 7.04. The van der Waals surface area contributed by atoms with E-state index in [-0.39, 0.29) is 0 Å². The Morgan fingerprint density at radius 2 is 1.89 bits per heavy atom. The molecule has 1 heterocycles. The molecule has 0 aromatic heterocycles. The highest BCUT2D eigenvalue weighted by molar-refractivity contribution is 5.80. The molecule has 0 spiro atoms. The van der Waals surface area contributed by atoms with Crippen LogP contribution in [0.1, 0.15) is 27.7 Å². The molecular weight excluding hydrogens is 226 g/mol. The Balaban J connectivity index is 2.27. The summed E-state index contributed by atoms with van der Waals surface area (Å²) >= 11 is 0. The Labute approximate surface area is 111 Å². The minimum absolute atomic E-state index is 0.318. The van der Waals surface area contributed by atoms with Crippen molar-refractivity contribution in [3.8, 4) is 0 Å². The van der Waals surface area contributed by atoms with Crippen LogP contribution in [-0.4, -0.2) is 62.2 Å². The van der Waals surface area contributed by atoms with Crippen molar-refractivity contribution in [1.82, 2.24) is 20.9 Å². The van der Waals surface area contributed by atoms with Gasteiger partial charge in [0.2, 0.25) is 0 Å². The number of nitrogens with zero attached hydrogens (tertiary/aromatic N) is 2. The lowest BCUT2D eigenvalue weighted by molar-refractivity contribution is 0.244. The van der Waals surface area contributed by atoms with E-state index in [1.54, 1.807) is 0 Å². The zero-order valence-corrected chi connectivity index (χ0v) is 12.3. The van der Waals surface area contributed by atoms with Gasteiger partial charge in [-0.15, -0.1) is 0 Å². The molecule has 1 fully saturated rings. The van der Waals surface area contributed by atoms with E-state index in [1.807, 2.05) is 0 Å². The highest BCUT2D eigenvalue weighted by Gasteiger charge is 2.09. The lowest BCUT2D eigenvalue weighted by atomic mass is 10.3. The molecule has 1 rings (SSSR count). The molecule has 0 saturated carbocycles. The summed E-state index contributed by atoms with van der Waals surface area (Å²) in [5, 5.41) is 10.1. The van der Waals surface area contributed by atoms with Crippen LogP contribution < -0.4 is 16.0 Å². The molecule has 5 heteroatoms. The van der Waals surface area contributed by atoms with Crippen molar-refractivity contribution in [2.24, 2.45) is 4.99 Å². The molecule has 3 N–H and O–H groups in total. The van der Waals surface area contributed by atoms with Gasteiger partial charge >= 0.3 is 0 Å². The van der Waals surface area contributed by atoms with Crippen molar-refractivity contribution in [3.05, 3.63) is 0 Å². The average Bonchev–Trinajstić information content (AvgIpc) is 2.28. The van der Waals surface area contributed by atoms with Gasteiger partial charge in [-0.05, 0) is 27.7 Å². The van der Waals surface area contributed by atoms with E-state index in [9.17, 15) is 0 Å². The molecule has 0 radical (unpaired) electrons. The Morgan fingerprint density at radius 1 is 1.22 bits per heavy atom. The normalized spacial score (nSPS) is 18.4. The summed E-state index contributed by atoms with van der Waals surface area (Å²) in [5.41, 5.74) is 0. The van der Waals surface area contributed by atoms with Crippen molar-refractivity contribution in [2.75, 3.05) is 39.3 Å². The first kappa shape index (κ1) is 15.2. The first-order valence-corrected chi connectivity index (χ1v) is 7.09. The summed E-state index contributed by atoms with van der Waals surface area (Å²) in [6.07, 6.45) is 0. The van der Waals surface area contributed by atoms with Crippen molar-refractivity contribution in [2.45, 2.75) is 39.8 Å². The summed E-state index contributed by atoms with van der Waals surface area (Å²) < 4.78 is 0. The molecule has 0 aromatic rings. The fourth-order valence-electron chi connectivity index (χ4n) is 1.93. The van der Waals surface area contributed by atoms with Crippen LogP contribution >= 0.6 is 0 Å². The van der Waals surface area contributed by atoms with Gasteiger partial charge < -0.3 is 16.0 Å². The van der Waals surface area contributed by atoms with Gasteiger partial charge in [0.1, 0.15) is 0 Å². The van der Waals surface area contributed by atoms with Crippen LogP contribution in [0, 0.1) is 0 Å². The quantitative estimate of drug-likeness (QED) is 0.487. The molecule has 0 atom stereocenters. The van der Waals surface area contributed by atoms with Crippen LogP contribution in [0.5, 0.6) is 0 Å².